The molecule has 0 bridgehead atoms. The van der Waals surface area contributed by atoms with Gasteiger partial charge >= 0.3 is 5.97 Å². The van der Waals surface area contributed by atoms with Crippen molar-refractivity contribution < 1.29 is 18.3 Å². The van der Waals surface area contributed by atoms with Crippen LogP contribution in [0.4, 0.5) is 0 Å². The number of rotatable bonds is 6. The van der Waals surface area contributed by atoms with Crippen molar-refractivity contribution in [1.82, 2.24) is 4.72 Å². The molecule has 6 heteroatoms. The molecular formula is C13H17NO4S. The SMILES string of the molecule is O=C(O)C1(NS(=O)(=O)CCc2ccccc2)CCC1. The minimum atomic E-state index is -3.57. The normalized spacial score (nSPS) is 17.7. The second kappa shape index (κ2) is 5.30. The van der Waals surface area contributed by atoms with Crippen LogP contribution in [-0.4, -0.2) is 30.8 Å². The van der Waals surface area contributed by atoms with E-state index in [4.69, 9.17) is 5.11 Å². The Balaban J connectivity index is 1.97. The van der Waals surface area contributed by atoms with Crippen LogP contribution < -0.4 is 4.72 Å². The van der Waals surface area contributed by atoms with Crippen LogP contribution in [0.5, 0.6) is 0 Å². The van der Waals surface area contributed by atoms with E-state index >= 15 is 0 Å². The molecule has 1 saturated carbocycles. The van der Waals surface area contributed by atoms with Crippen molar-refractivity contribution in [2.75, 3.05) is 5.75 Å². The van der Waals surface area contributed by atoms with Gasteiger partial charge in [0.2, 0.25) is 10.0 Å². The lowest BCUT2D eigenvalue weighted by Gasteiger charge is -2.37. The van der Waals surface area contributed by atoms with Gasteiger partial charge in [-0.1, -0.05) is 30.3 Å². The van der Waals surface area contributed by atoms with E-state index in [9.17, 15) is 13.2 Å². The summed E-state index contributed by atoms with van der Waals surface area (Å²) >= 11 is 0. The molecule has 1 aliphatic rings. The van der Waals surface area contributed by atoms with Gasteiger partial charge in [-0.05, 0) is 31.2 Å². The molecular weight excluding hydrogens is 266 g/mol. The number of carbonyl (C=O) groups is 1. The molecule has 2 rings (SSSR count). The predicted octanol–water partition coefficient (Wildman–Crippen LogP) is 1.16. The molecule has 1 aliphatic carbocycles. The van der Waals surface area contributed by atoms with Crippen molar-refractivity contribution >= 4 is 16.0 Å². The van der Waals surface area contributed by atoms with E-state index in [2.05, 4.69) is 4.72 Å². The molecule has 1 aromatic carbocycles. The van der Waals surface area contributed by atoms with Gasteiger partial charge in [0.05, 0.1) is 5.75 Å². The summed E-state index contributed by atoms with van der Waals surface area (Å²) < 4.78 is 26.2. The standard InChI is InChI=1S/C13H17NO4S/c15-12(16)13(8-4-9-13)14-19(17,18)10-7-11-5-2-1-3-6-11/h1-3,5-6,14H,4,7-10H2,(H,15,16). The quantitative estimate of drug-likeness (QED) is 0.820. The molecule has 19 heavy (non-hydrogen) atoms. The lowest BCUT2D eigenvalue weighted by atomic mass is 9.78. The fraction of sp³-hybridized carbons (Fsp3) is 0.462. The molecule has 1 fully saturated rings. The van der Waals surface area contributed by atoms with Gasteiger partial charge in [0.1, 0.15) is 5.54 Å². The van der Waals surface area contributed by atoms with Gasteiger partial charge in [-0.2, -0.15) is 4.72 Å². The van der Waals surface area contributed by atoms with Gasteiger partial charge in [-0.25, -0.2) is 8.42 Å². The van der Waals surface area contributed by atoms with Gasteiger partial charge in [0.15, 0.2) is 0 Å². The van der Waals surface area contributed by atoms with E-state index < -0.39 is 21.5 Å². The highest BCUT2D eigenvalue weighted by atomic mass is 32.2. The van der Waals surface area contributed by atoms with E-state index in [0.29, 0.717) is 19.3 Å². The number of hydrogen-bond donors (Lipinski definition) is 2. The zero-order chi connectivity index (χ0) is 13.9. The summed E-state index contributed by atoms with van der Waals surface area (Å²) in [6.07, 6.45) is 1.86. The first-order chi connectivity index (χ1) is 8.94. The van der Waals surface area contributed by atoms with E-state index in [1.807, 2.05) is 30.3 Å². The molecule has 5 nitrogen and oxygen atoms in total. The van der Waals surface area contributed by atoms with Crippen molar-refractivity contribution in [2.45, 2.75) is 31.2 Å². The third kappa shape index (κ3) is 3.33. The third-order valence-electron chi connectivity index (χ3n) is 3.47. The lowest BCUT2D eigenvalue weighted by molar-refractivity contribution is -0.147. The van der Waals surface area contributed by atoms with Gasteiger partial charge < -0.3 is 5.11 Å². The van der Waals surface area contributed by atoms with Crippen LogP contribution in [0.25, 0.3) is 0 Å². The molecule has 2 N–H and O–H groups in total. The first-order valence-corrected chi connectivity index (χ1v) is 7.88. The van der Waals surface area contributed by atoms with Crippen LogP contribution in [0.3, 0.4) is 0 Å². The molecule has 0 atom stereocenters. The summed E-state index contributed by atoms with van der Waals surface area (Å²) in [5.74, 6) is -1.17. The average molecular weight is 283 g/mol. The molecule has 0 unspecified atom stereocenters. The van der Waals surface area contributed by atoms with Crippen molar-refractivity contribution in [1.29, 1.82) is 0 Å². The predicted molar refractivity (Wildman–Crippen MR) is 71.3 cm³/mol. The summed E-state index contributed by atoms with van der Waals surface area (Å²) in [5.41, 5.74) is -0.346. The number of carboxylic acids is 1. The molecule has 0 aliphatic heterocycles. The summed E-state index contributed by atoms with van der Waals surface area (Å²) in [6.45, 7) is 0. The summed E-state index contributed by atoms with van der Waals surface area (Å²) in [4.78, 5) is 11.1. The van der Waals surface area contributed by atoms with Crippen molar-refractivity contribution in [3.05, 3.63) is 35.9 Å². The topological polar surface area (TPSA) is 83.5 Å². The van der Waals surface area contributed by atoms with E-state index in [-0.39, 0.29) is 5.75 Å². The number of carboxylic acid groups (broad SMARTS) is 1. The third-order valence-corrected chi connectivity index (χ3v) is 4.91. The lowest BCUT2D eigenvalue weighted by Crippen LogP contribution is -2.59. The number of aryl methyl sites for hydroxylation is 1. The fourth-order valence-corrected chi connectivity index (χ4v) is 3.63. The maximum absolute atomic E-state index is 11.9. The molecule has 0 heterocycles. The van der Waals surface area contributed by atoms with E-state index in [1.54, 1.807) is 0 Å². The Kier molecular flexibility index (Phi) is 3.91. The molecule has 0 saturated heterocycles. The zero-order valence-corrected chi connectivity index (χ0v) is 11.3. The van der Waals surface area contributed by atoms with Crippen molar-refractivity contribution in [3.8, 4) is 0 Å². The Labute approximate surface area is 112 Å². The summed E-state index contributed by atoms with van der Waals surface area (Å²) in [6, 6.07) is 9.27. The van der Waals surface area contributed by atoms with E-state index in [1.165, 1.54) is 0 Å². The molecule has 0 aromatic heterocycles. The molecule has 0 spiro atoms. The second-order valence-corrected chi connectivity index (χ2v) is 6.74. The molecule has 104 valence electrons. The Bertz CT molecular complexity index is 549. The van der Waals surface area contributed by atoms with E-state index in [0.717, 1.165) is 12.0 Å². The monoisotopic (exact) mass is 283 g/mol. The van der Waals surface area contributed by atoms with Crippen LogP contribution in [0, 0.1) is 0 Å². The van der Waals surface area contributed by atoms with Gasteiger partial charge in [-0.15, -0.1) is 0 Å². The summed E-state index contributed by atoms with van der Waals surface area (Å²) in [7, 11) is -3.57. The second-order valence-electron chi connectivity index (χ2n) is 4.90. The Hall–Kier alpha value is -1.40. The Morgan fingerprint density at radius 1 is 1.26 bits per heavy atom. The van der Waals surface area contributed by atoms with Crippen LogP contribution in [-0.2, 0) is 21.2 Å². The van der Waals surface area contributed by atoms with Crippen molar-refractivity contribution in [2.24, 2.45) is 0 Å². The molecule has 0 radical (unpaired) electrons. The number of nitrogens with one attached hydrogen (secondary N) is 1. The highest BCUT2D eigenvalue weighted by Gasteiger charge is 2.47. The number of aliphatic carboxylic acids is 1. The minimum Gasteiger partial charge on any atom is -0.480 e. The average Bonchev–Trinajstić information content (AvgIpc) is 2.33. The number of hydrogen-bond acceptors (Lipinski definition) is 3. The zero-order valence-electron chi connectivity index (χ0n) is 10.5. The smallest absolute Gasteiger partial charge is 0.324 e. The van der Waals surface area contributed by atoms with Gasteiger partial charge in [0.25, 0.3) is 0 Å². The molecule has 1 aromatic rings. The van der Waals surface area contributed by atoms with Crippen LogP contribution in [0.15, 0.2) is 30.3 Å². The summed E-state index contributed by atoms with van der Waals surface area (Å²) in [5, 5.41) is 9.11. The first-order valence-electron chi connectivity index (χ1n) is 6.23. The van der Waals surface area contributed by atoms with Crippen LogP contribution in [0.2, 0.25) is 0 Å². The minimum absolute atomic E-state index is 0.0912. The largest absolute Gasteiger partial charge is 0.480 e. The van der Waals surface area contributed by atoms with Gasteiger partial charge in [-0.3, -0.25) is 4.79 Å². The van der Waals surface area contributed by atoms with Gasteiger partial charge in [0, 0.05) is 0 Å². The Morgan fingerprint density at radius 2 is 1.89 bits per heavy atom. The van der Waals surface area contributed by atoms with Crippen LogP contribution >= 0.6 is 0 Å². The number of sulfonamides is 1. The maximum Gasteiger partial charge on any atom is 0.324 e. The van der Waals surface area contributed by atoms with Crippen molar-refractivity contribution in [3.63, 3.8) is 0 Å². The fourth-order valence-electron chi connectivity index (χ4n) is 2.14. The van der Waals surface area contributed by atoms with Crippen LogP contribution in [0.1, 0.15) is 24.8 Å². The Morgan fingerprint density at radius 3 is 2.37 bits per heavy atom. The highest BCUT2D eigenvalue weighted by molar-refractivity contribution is 7.89. The highest BCUT2D eigenvalue weighted by Crippen LogP contribution is 2.32. The first kappa shape index (κ1) is 14.0. The molecule has 0 amide bonds. The maximum atomic E-state index is 11.9. The number of benzene rings is 1.